The van der Waals surface area contributed by atoms with Gasteiger partial charge in [-0.15, -0.1) is 0 Å². The number of furan rings is 1. The molecule has 3 N–H and O–H groups in total. The summed E-state index contributed by atoms with van der Waals surface area (Å²) in [4.78, 5) is 2.02. The molecule has 1 aromatic rings. The highest BCUT2D eigenvalue weighted by molar-refractivity contribution is 7.89. The van der Waals surface area contributed by atoms with E-state index in [1.165, 1.54) is 6.07 Å². The van der Waals surface area contributed by atoms with Crippen molar-refractivity contribution in [1.82, 2.24) is 9.62 Å². The lowest BCUT2D eigenvalue weighted by Gasteiger charge is -2.28. The molecule has 0 aliphatic heterocycles. The third-order valence-electron chi connectivity index (χ3n) is 2.59. The number of nitrogens with two attached hydrogens (primary N) is 1. The summed E-state index contributed by atoms with van der Waals surface area (Å²) in [5.41, 5.74) is 5.22. The molecule has 0 unspecified atom stereocenters. The van der Waals surface area contributed by atoms with Gasteiger partial charge in [0.05, 0.1) is 6.54 Å². The van der Waals surface area contributed by atoms with E-state index in [1.807, 2.05) is 32.8 Å². The van der Waals surface area contributed by atoms with Crippen LogP contribution in [0, 0.1) is 5.41 Å². The average molecular weight is 289 g/mol. The summed E-state index contributed by atoms with van der Waals surface area (Å²) in [7, 11) is 0.300. The second-order valence-electron chi connectivity index (χ2n) is 5.65. The highest BCUT2D eigenvalue weighted by Crippen LogP contribution is 2.17. The zero-order valence-electron chi connectivity index (χ0n) is 11.9. The molecular formula is C12H23N3O3S. The molecule has 1 aromatic heterocycles. The van der Waals surface area contributed by atoms with E-state index in [0.29, 0.717) is 12.3 Å². The fourth-order valence-corrected chi connectivity index (χ4v) is 3.07. The molecule has 110 valence electrons. The molecular weight excluding hydrogens is 266 g/mol. The quantitative estimate of drug-likeness (QED) is 0.767. The Morgan fingerprint density at radius 3 is 2.47 bits per heavy atom. The van der Waals surface area contributed by atoms with Gasteiger partial charge in [0.2, 0.25) is 5.09 Å². The van der Waals surface area contributed by atoms with Gasteiger partial charge in [0.15, 0.2) is 0 Å². The van der Waals surface area contributed by atoms with Crippen LogP contribution in [-0.4, -0.2) is 40.5 Å². The second-order valence-corrected chi connectivity index (χ2v) is 7.35. The molecule has 0 saturated carbocycles. The van der Waals surface area contributed by atoms with E-state index in [1.54, 1.807) is 6.07 Å². The van der Waals surface area contributed by atoms with Gasteiger partial charge in [0, 0.05) is 13.1 Å². The maximum absolute atomic E-state index is 12.0. The van der Waals surface area contributed by atoms with Crippen LogP contribution in [0.5, 0.6) is 0 Å². The van der Waals surface area contributed by atoms with Crippen LogP contribution < -0.4 is 10.5 Å². The molecule has 1 heterocycles. The number of nitrogens with one attached hydrogen (secondary N) is 1. The van der Waals surface area contributed by atoms with E-state index < -0.39 is 10.0 Å². The molecule has 7 heteroatoms. The molecule has 19 heavy (non-hydrogen) atoms. The van der Waals surface area contributed by atoms with Gasteiger partial charge >= 0.3 is 0 Å². The Bertz CT molecular complexity index is 506. The standard InChI is InChI=1S/C12H23N3O3S/c1-12(2,9-15(3)4)8-14-19(16,17)11-6-5-10(7-13)18-11/h5-6,14H,7-9,13H2,1-4H3. The van der Waals surface area contributed by atoms with Gasteiger partial charge in [0.25, 0.3) is 10.0 Å². The predicted octanol–water partition coefficient (Wildman–Crippen LogP) is 0.604. The van der Waals surface area contributed by atoms with Crippen LogP contribution in [0.15, 0.2) is 21.6 Å². The predicted molar refractivity (Wildman–Crippen MR) is 74.1 cm³/mol. The molecule has 0 radical (unpaired) electrons. The van der Waals surface area contributed by atoms with Crippen molar-refractivity contribution >= 4 is 10.0 Å². The SMILES string of the molecule is CN(C)CC(C)(C)CNS(=O)(=O)c1ccc(CN)o1. The zero-order chi connectivity index (χ0) is 14.7. The second kappa shape index (κ2) is 6.04. The summed E-state index contributed by atoms with van der Waals surface area (Å²) in [5, 5.41) is -0.0893. The Morgan fingerprint density at radius 2 is 2.00 bits per heavy atom. The molecule has 0 amide bonds. The lowest BCUT2D eigenvalue weighted by molar-refractivity contribution is 0.242. The van der Waals surface area contributed by atoms with Gasteiger partial charge in [-0.25, -0.2) is 13.1 Å². The first-order valence-electron chi connectivity index (χ1n) is 6.09. The first-order valence-corrected chi connectivity index (χ1v) is 7.58. The molecule has 0 aliphatic rings. The number of nitrogens with zero attached hydrogens (tertiary/aromatic N) is 1. The van der Waals surface area contributed by atoms with Crippen LogP contribution in [0.2, 0.25) is 0 Å². The maximum Gasteiger partial charge on any atom is 0.273 e. The van der Waals surface area contributed by atoms with Gasteiger partial charge in [-0.3, -0.25) is 0 Å². The summed E-state index contributed by atoms with van der Waals surface area (Å²) in [6.45, 7) is 5.31. The highest BCUT2D eigenvalue weighted by Gasteiger charge is 2.24. The lowest BCUT2D eigenvalue weighted by atomic mass is 9.93. The van der Waals surface area contributed by atoms with Crippen molar-refractivity contribution < 1.29 is 12.8 Å². The van der Waals surface area contributed by atoms with Crippen LogP contribution in [0.25, 0.3) is 0 Å². The van der Waals surface area contributed by atoms with E-state index in [2.05, 4.69) is 4.72 Å². The van der Waals surface area contributed by atoms with Gasteiger partial charge in [0.1, 0.15) is 5.76 Å². The maximum atomic E-state index is 12.0. The topological polar surface area (TPSA) is 88.6 Å². The Labute approximate surface area is 115 Å². The van der Waals surface area contributed by atoms with Crippen LogP contribution in [0.3, 0.4) is 0 Å². The van der Waals surface area contributed by atoms with Gasteiger partial charge in [-0.1, -0.05) is 13.8 Å². The van der Waals surface area contributed by atoms with Crippen molar-refractivity contribution in [2.45, 2.75) is 25.5 Å². The minimum absolute atomic E-state index is 0.0893. The summed E-state index contributed by atoms with van der Waals surface area (Å²) >= 11 is 0. The Kier molecular flexibility index (Phi) is 5.14. The average Bonchev–Trinajstić information content (AvgIpc) is 2.74. The lowest BCUT2D eigenvalue weighted by Crippen LogP contribution is -2.39. The van der Waals surface area contributed by atoms with Crippen molar-refractivity contribution in [3.05, 3.63) is 17.9 Å². The van der Waals surface area contributed by atoms with Crippen molar-refractivity contribution in [3.8, 4) is 0 Å². The van der Waals surface area contributed by atoms with E-state index in [0.717, 1.165) is 6.54 Å². The van der Waals surface area contributed by atoms with Crippen LogP contribution in [-0.2, 0) is 16.6 Å². The molecule has 0 saturated heterocycles. The normalized spacial score (nSPS) is 13.2. The van der Waals surface area contributed by atoms with Gasteiger partial charge in [-0.05, 0) is 31.6 Å². The Hall–Kier alpha value is -0.890. The zero-order valence-corrected chi connectivity index (χ0v) is 12.8. The van der Waals surface area contributed by atoms with Crippen molar-refractivity contribution in [1.29, 1.82) is 0 Å². The first-order chi connectivity index (χ1) is 8.66. The van der Waals surface area contributed by atoms with Crippen LogP contribution in [0.1, 0.15) is 19.6 Å². The summed E-state index contributed by atoms with van der Waals surface area (Å²) in [6, 6.07) is 2.99. The third kappa shape index (κ3) is 4.94. The molecule has 0 aromatic carbocycles. The third-order valence-corrected chi connectivity index (χ3v) is 3.86. The van der Waals surface area contributed by atoms with Crippen LogP contribution >= 0.6 is 0 Å². The number of sulfonamides is 1. The monoisotopic (exact) mass is 289 g/mol. The van der Waals surface area contributed by atoms with E-state index >= 15 is 0 Å². The van der Waals surface area contributed by atoms with E-state index in [4.69, 9.17) is 10.2 Å². The van der Waals surface area contributed by atoms with Crippen LogP contribution in [0.4, 0.5) is 0 Å². The van der Waals surface area contributed by atoms with Crippen molar-refractivity contribution in [2.75, 3.05) is 27.2 Å². The summed E-state index contributed by atoms with van der Waals surface area (Å²) < 4.78 is 31.8. The summed E-state index contributed by atoms with van der Waals surface area (Å²) in [6.07, 6.45) is 0. The number of hydrogen-bond acceptors (Lipinski definition) is 5. The fourth-order valence-electron chi connectivity index (χ4n) is 1.89. The molecule has 1 rings (SSSR count). The first kappa shape index (κ1) is 16.2. The number of hydrogen-bond donors (Lipinski definition) is 2. The fraction of sp³-hybridized carbons (Fsp3) is 0.667. The number of rotatable bonds is 7. The molecule has 0 spiro atoms. The highest BCUT2D eigenvalue weighted by atomic mass is 32.2. The smallest absolute Gasteiger partial charge is 0.273 e. The molecule has 6 nitrogen and oxygen atoms in total. The Balaban J connectivity index is 2.70. The van der Waals surface area contributed by atoms with Crippen molar-refractivity contribution in [3.63, 3.8) is 0 Å². The molecule has 0 atom stereocenters. The largest absolute Gasteiger partial charge is 0.447 e. The summed E-state index contributed by atoms with van der Waals surface area (Å²) in [5.74, 6) is 0.452. The molecule has 0 bridgehead atoms. The van der Waals surface area contributed by atoms with Gasteiger partial charge in [-0.2, -0.15) is 0 Å². The van der Waals surface area contributed by atoms with E-state index in [-0.39, 0.29) is 17.1 Å². The minimum atomic E-state index is -3.61. The molecule has 0 aliphatic carbocycles. The molecule has 0 fully saturated rings. The van der Waals surface area contributed by atoms with E-state index in [9.17, 15) is 8.42 Å². The van der Waals surface area contributed by atoms with Crippen molar-refractivity contribution in [2.24, 2.45) is 11.1 Å². The Morgan fingerprint density at radius 1 is 1.37 bits per heavy atom. The van der Waals surface area contributed by atoms with Gasteiger partial charge < -0.3 is 15.1 Å². The minimum Gasteiger partial charge on any atom is -0.447 e.